The third-order valence-corrected chi connectivity index (χ3v) is 4.30. The smallest absolute Gasteiger partial charge is 0.289 e. The standard InChI is InChI=1S/C21H20N2O3/c1-15(23(2)21(25)19-12-7-13-26-19)17-10-6-11-18(14-17)22-20(24)16-8-4-3-5-9-16/h3-15H,1-2H3,(H,22,24)/t15-/m1/s1. The summed E-state index contributed by atoms with van der Waals surface area (Å²) in [6, 6.07) is 19.7. The largest absolute Gasteiger partial charge is 0.459 e. The number of amides is 2. The molecule has 0 saturated heterocycles. The highest BCUT2D eigenvalue weighted by molar-refractivity contribution is 6.04. The molecule has 0 aliphatic carbocycles. The SMILES string of the molecule is C[C@H](c1cccc(NC(=O)c2ccccc2)c1)N(C)C(=O)c1ccco1. The minimum atomic E-state index is -0.193. The second-order valence-corrected chi connectivity index (χ2v) is 6.01. The predicted molar refractivity (Wildman–Crippen MR) is 100 cm³/mol. The summed E-state index contributed by atoms with van der Waals surface area (Å²) in [5.74, 6) is -0.0653. The molecule has 1 N–H and O–H groups in total. The minimum absolute atomic E-state index is 0.171. The number of anilines is 1. The van der Waals surface area contributed by atoms with Crippen LogP contribution >= 0.6 is 0 Å². The van der Waals surface area contributed by atoms with Crippen molar-refractivity contribution in [3.05, 3.63) is 89.9 Å². The molecule has 2 amide bonds. The molecule has 1 heterocycles. The lowest BCUT2D eigenvalue weighted by atomic mass is 10.1. The van der Waals surface area contributed by atoms with Crippen molar-refractivity contribution < 1.29 is 14.0 Å². The lowest BCUT2D eigenvalue weighted by Gasteiger charge is -2.25. The zero-order valence-corrected chi connectivity index (χ0v) is 14.7. The normalized spacial score (nSPS) is 11.6. The third-order valence-electron chi connectivity index (χ3n) is 4.30. The molecule has 1 atom stereocenters. The van der Waals surface area contributed by atoms with Crippen LogP contribution in [0.25, 0.3) is 0 Å². The van der Waals surface area contributed by atoms with Crippen LogP contribution in [0.1, 0.15) is 39.4 Å². The van der Waals surface area contributed by atoms with Crippen LogP contribution in [0.15, 0.2) is 77.4 Å². The molecular formula is C21H20N2O3. The molecule has 132 valence electrons. The molecule has 0 spiro atoms. The van der Waals surface area contributed by atoms with Gasteiger partial charge in [0.25, 0.3) is 11.8 Å². The van der Waals surface area contributed by atoms with Crippen molar-refractivity contribution in [3.63, 3.8) is 0 Å². The Bertz CT molecular complexity index is 889. The Morgan fingerprint density at radius 2 is 1.77 bits per heavy atom. The fourth-order valence-electron chi connectivity index (χ4n) is 2.64. The van der Waals surface area contributed by atoms with Crippen LogP contribution < -0.4 is 5.32 Å². The van der Waals surface area contributed by atoms with Crippen LogP contribution in [0, 0.1) is 0 Å². The minimum Gasteiger partial charge on any atom is -0.459 e. The van der Waals surface area contributed by atoms with Gasteiger partial charge in [-0.15, -0.1) is 0 Å². The maximum absolute atomic E-state index is 12.4. The Balaban J connectivity index is 1.74. The summed E-state index contributed by atoms with van der Waals surface area (Å²) < 4.78 is 5.18. The average molecular weight is 348 g/mol. The summed E-state index contributed by atoms with van der Waals surface area (Å²) in [6.07, 6.45) is 1.48. The molecule has 1 aromatic heterocycles. The van der Waals surface area contributed by atoms with Gasteiger partial charge in [-0.25, -0.2) is 0 Å². The summed E-state index contributed by atoms with van der Waals surface area (Å²) in [6.45, 7) is 1.93. The van der Waals surface area contributed by atoms with Crippen LogP contribution in [0.3, 0.4) is 0 Å². The fourth-order valence-corrected chi connectivity index (χ4v) is 2.64. The lowest BCUT2D eigenvalue weighted by Crippen LogP contribution is -2.29. The Morgan fingerprint density at radius 3 is 2.46 bits per heavy atom. The number of carbonyl (C=O) groups excluding carboxylic acids is 2. The van der Waals surface area contributed by atoms with Gasteiger partial charge in [0, 0.05) is 18.3 Å². The van der Waals surface area contributed by atoms with Crippen molar-refractivity contribution in [2.24, 2.45) is 0 Å². The number of furan rings is 1. The molecule has 3 rings (SSSR count). The quantitative estimate of drug-likeness (QED) is 0.745. The number of nitrogens with zero attached hydrogens (tertiary/aromatic N) is 1. The summed E-state index contributed by atoms with van der Waals surface area (Å²) >= 11 is 0. The molecule has 5 heteroatoms. The molecule has 0 aliphatic heterocycles. The van der Waals surface area contributed by atoms with E-state index >= 15 is 0 Å². The van der Waals surface area contributed by atoms with E-state index in [-0.39, 0.29) is 17.9 Å². The van der Waals surface area contributed by atoms with Gasteiger partial charge in [0.1, 0.15) is 0 Å². The molecule has 0 radical (unpaired) electrons. The van der Waals surface area contributed by atoms with Gasteiger partial charge in [0.15, 0.2) is 5.76 Å². The van der Waals surface area contributed by atoms with Crippen LogP contribution in [0.5, 0.6) is 0 Å². The van der Waals surface area contributed by atoms with E-state index in [0.29, 0.717) is 17.0 Å². The van der Waals surface area contributed by atoms with Gasteiger partial charge < -0.3 is 14.6 Å². The second-order valence-electron chi connectivity index (χ2n) is 6.01. The number of rotatable bonds is 5. The fraction of sp³-hybridized carbons (Fsp3) is 0.143. The molecule has 2 aromatic carbocycles. The van der Waals surface area contributed by atoms with E-state index < -0.39 is 0 Å². The summed E-state index contributed by atoms with van der Waals surface area (Å²) in [4.78, 5) is 26.3. The Kier molecular flexibility index (Phi) is 5.17. The van der Waals surface area contributed by atoms with Gasteiger partial charge in [-0.2, -0.15) is 0 Å². The van der Waals surface area contributed by atoms with Crippen LogP contribution in [-0.4, -0.2) is 23.8 Å². The van der Waals surface area contributed by atoms with Gasteiger partial charge in [-0.05, 0) is 48.9 Å². The third kappa shape index (κ3) is 3.83. The van der Waals surface area contributed by atoms with Crippen molar-refractivity contribution in [1.82, 2.24) is 4.90 Å². The average Bonchev–Trinajstić information content (AvgIpc) is 3.22. The molecule has 0 fully saturated rings. The van der Waals surface area contributed by atoms with Crippen molar-refractivity contribution in [2.45, 2.75) is 13.0 Å². The molecule has 0 unspecified atom stereocenters. The van der Waals surface area contributed by atoms with Crippen molar-refractivity contribution >= 4 is 17.5 Å². The van der Waals surface area contributed by atoms with E-state index in [2.05, 4.69) is 5.32 Å². The first kappa shape index (κ1) is 17.5. The first-order valence-corrected chi connectivity index (χ1v) is 8.33. The highest BCUT2D eigenvalue weighted by Gasteiger charge is 2.21. The predicted octanol–water partition coefficient (Wildman–Crippen LogP) is 4.37. The highest BCUT2D eigenvalue weighted by atomic mass is 16.3. The Labute approximate surface area is 152 Å². The summed E-state index contributed by atoms with van der Waals surface area (Å²) in [7, 11) is 1.73. The van der Waals surface area contributed by atoms with Gasteiger partial charge in [0.05, 0.1) is 12.3 Å². The van der Waals surface area contributed by atoms with Crippen LogP contribution in [-0.2, 0) is 0 Å². The highest BCUT2D eigenvalue weighted by Crippen LogP contribution is 2.24. The zero-order valence-electron chi connectivity index (χ0n) is 14.7. The van der Waals surface area contributed by atoms with Gasteiger partial charge in [-0.1, -0.05) is 30.3 Å². The van der Waals surface area contributed by atoms with E-state index in [1.165, 1.54) is 6.26 Å². The molecule has 0 saturated carbocycles. The van der Waals surface area contributed by atoms with Crippen LogP contribution in [0.2, 0.25) is 0 Å². The molecule has 0 bridgehead atoms. The van der Waals surface area contributed by atoms with Crippen molar-refractivity contribution in [3.8, 4) is 0 Å². The molecular weight excluding hydrogens is 328 g/mol. The lowest BCUT2D eigenvalue weighted by molar-refractivity contribution is 0.0710. The first-order valence-electron chi connectivity index (χ1n) is 8.33. The maximum Gasteiger partial charge on any atom is 0.289 e. The zero-order chi connectivity index (χ0) is 18.5. The van der Waals surface area contributed by atoms with E-state index in [1.807, 2.05) is 49.4 Å². The summed E-state index contributed by atoms with van der Waals surface area (Å²) in [5, 5.41) is 2.89. The Hall–Kier alpha value is -3.34. The van der Waals surface area contributed by atoms with E-state index in [4.69, 9.17) is 4.42 Å². The number of benzene rings is 2. The summed E-state index contributed by atoms with van der Waals surface area (Å²) in [5.41, 5.74) is 2.19. The molecule has 26 heavy (non-hydrogen) atoms. The van der Waals surface area contributed by atoms with Gasteiger partial charge in [0.2, 0.25) is 0 Å². The number of nitrogens with one attached hydrogen (secondary N) is 1. The number of hydrogen-bond donors (Lipinski definition) is 1. The Morgan fingerprint density at radius 1 is 1.00 bits per heavy atom. The van der Waals surface area contributed by atoms with Gasteiger partial charge >= 0.3 is 0 Å². The number of hydrogen-bond acceptors (Lipinski definition) is 3. The monoisotopic (exact) mass is 348 g/mol. The van der Waals surface area contributed by atoms with E-state index in [9.17, 15) is 9.59 Å². The van der Waals surface area contributed by atoms with E-state index in [1.54, 1.807) is 36.2 Å². The molecule has 5 nitrogen and oxygen atoms in total. The molecule has 0 aliphatic rings. The van der Waals surface area contributed by atoms with Gasteiger partial charge in [-0.3, -0.25) is 9.59 Å². The maximum atomic E-state index is 12.4. The van der Waals surface area contributed by atoms with Crippen molar-refractivity contribution in [2.75, 3.05) is 12.4 Å². The first-order chi connectivity index (χ1) is 12.6. The van der Waals surface area contributed by atoms with Crippen LogP contribution in [0.4, 0.5) is 5.69 Å². The van der Waals surface area contributed by atoms with E-state index in [0.717, 1.165) is 5.56 Å². The van der Waals surface area contributed by atoms with Crippen molar-refractivity contribution in [1.29, 1.82) is 0 Å². The topological polar surface area (TPSA) is 62.6 Å². The second kappa shape index (κ2) is 7.70. The number of carbonyl (C=O) groups is 2. The molecule has 3 aromatic rings.